The number of hydrogen-bond acceptors (Lipinski definition) is 10. The maximum Gasteiger partial charge on any atom is 0.259 e. The zero-order chi connectivity index (χ0) is 41.3. The quantitative estimate of drug-likeness (QED) is 0.106. The lowest BCUT2D eigenvalue weighted by Crippen LogP contribution is -2.12. The number of anilines is 2. The van der Waals surface area contributed by atoms with E-state index in [0.717, 1.165) is 0 Å². The maximum atomic E-state index is 13.9. The predicted molar refractivity (Wildman–Crippen MR) is 230 cm³/mol. The van der Waals surface area contributed by atoms with E-state index in [9.17, 15) is 24.6 Å². The van der Waals surface area contributed by atoms with Gasteiger partial charge >= 0.3 is 0 Å². The lowest BCUT2D eigenvalue weighted by molar-refractivity contribution is 0.101. The molecule has 60 heavy (non-hydrogen) atoms. The number of methoxy groups -OCH3 is 1. The van der Waals surface area contributed by atoms with Gasteiger partial charge in [0.15, 0.2) is 17.3 Å². The highest BCUT2D eigenvalue weighted by Gasteiger charge is 2.28. The molecule has 0 aliphatic heterocycles. The molecule has 8 aromatic rings. The van der Waals surface area contributed by atoms with Crippen LogP contribution in [0.2, 0.25) is 0 Å². The van der Waals surface area contributed by atoms with Crippen LogP contribution in [0, 0.1) is 0 Å². The van der Waals surface area contributed by atoms with Gasteiger partial charge in [0.25, 0.3) is 11.8 Å². The van der Waals surface area contributed by atoms with Crippen molar-refractivity contribution in [3.8, 4) is 28.4 Å². The SMILES string of the molecule is COc1ccc(NC(=O)c2cc3ccccc3c(N=Nc3ccc4c(c3)C(=O)c3cc(N=Nc5c(O)c(C(=O)Nc6ccccc6)cc6ccccc56)ccc3-4)c2O)cc1. The number of carbonyl (C=O) groups excluding carboxylic acids is 3. The van der Waals surface area contributed by atoms with Gasteiger partial charge in [-0.15, -0.1) is 10.2 Å². The van der Waals surface area contributed by atoms with E-state index in [-0.39, 0.29) is 39.8 Å². The van der Waals surface area contributed by atoms with E-state index in [2.05, 4.69) is 31.1 Å². The standard InChI is InChI=1S/C48H32N6O6/c1-60-33-19-15-30(16-20-33)50-48(59)41-24-28-10-6-8-14-35(28)43(46(41)57)54-52-32-18-22-37-36-21-17-31(25-38(36)44(55)39(37)26-32)51-53-42-34-13-7-5-9-27(34)23-40(45(42)56)47(58)49-29-11-3-2-4-12-29/h2-26,56-57H,1H3,(H,49,58)(H,50,59). The highest BCUT2D eigenvalue weighted by molar-refractivity contribution is 6.22. The second kappa shape index (κ2) is 15.4. The van der Waals surface area contributed by atoms with Crippen LogP contribution in [-0.2, 0) is 0 Å². The van der Waals surface area contributed by atoms with Crippen LogP contribution in [0.4, 0.5) is 34.1 Å². The molecule has 0 saturated heterocycles. The number of rotatable bonds is 9. The maximum absolute atomic E-state index is 13.9. The molecule has 0 aromatic heterocycles. The molecular weight excluding hydrogens is 757 g/mol. The molecule has 8 aromatic carbocycles. The number of nitrogens with zero attached hydrogens (tertiary/aromatic N) is 4. The van der Waals surface area contributed by atoms with Gasteiger partial charge < -0.3 is 25.6 Å². The van der Waals surface area contributed by atoms with Crippen LogP contribution >= 0.6 is 0 Å². The lowest BCUT2D eigenvalue weighted by atomic mass is 10.0. The minimum Gasteiger partial charge on any atom is -0.505 e. The van der Waals surface area contributed by atoms with E-state index in [1.807, 2.05) is 30.3 Å². The highest BCUT2D eigenvalue weighted by atomic mass is 16.5. The van der Waals surface area contributed by atoms with Crippen LogP contribution in [0.25, 0.3) is 32.7 Å². The van der Waals surface area contributed by atoms with Crippen molar-refractivity contribution in [3.05, 3.63) is 174 Å². The Morgan fingerprint density at radius 1 is 0.500 bits per heavy atom. The molecule has 4 N–H and O–H groups in total. The summed E-state index contributed by atoms with van der Waals surface area (Å²) in [6, 6.07) is 43.6. The second-order valence-electron chi connectivity index (χ2n) is 13.9. The first-order valence-corrected chi connectivity index (χ1v) is 18.7. The van der Waals surface area contributed by atoms with Crippen LogP contribution in [0.5, 0.6) is 17.2 Å². The van der Waals surface area contributed by atoms with E-state index in [0.29, 0.717) is 72.3 Å². The summed E-state index contributed by atoms with van der Waals surface area (Å²) >= 11 is 0. The van der Waals surface area contributed by atoms with Crippen LogP contribution in [0.1, 0.15) is 36.6 Å². The number of azo groups is 2. The zero-order valence-electron chi connectivity index (χ0n) is 31.8. The number of benzene rings is 8. The molecule has 1 aliphatic rings. The van der Waals surface area contributed by atoms with E-state index in [1.54, 1.807) is 128 Å². The minimum atomic E-state index is -0.537. The number of ketones is 1. The topological polar surface area (TPSA) is 174 Å². The first-order valence-electron chi connectivity index (χ1n) is 18.7. The summed E-state index contributed by atoms with van der Waals surface area (Å²) in [4.78, 5) is 40.5. The van der Waals surface area contributed by atoms with Crippen molar-refractivity contribution in [2.75, 3.05) is 17.7 Å². The highest BCUT2D eigenvalue weighted by Crippen LogP contribution is 2.44. The van der Waals surface area contributed by atoms with Crippen molar-refractivity contribution < 1.29 is 29.3 Å². The molecule has 0 spiro atoms. The molecule has 12 nitrogen and oxygen atoms in total. The molecule has 9 rings (SSSR count). The van der Waals surface area contributed by atoms with Gasteiger partial charge in [0, 0.05) is 33.3 Å². The molecule has 0 atom stereocenters. The number of aromatic hydroxyl groups is 2. The number of carbonyl (C=O) groups is 3. The Kier molecular flexibility index (Phi) is 9.55. The molecule has 2 amide bonds. The summed E-state index contributed by atoms with van der Waals surface area (Å²) in [5.41, 5.74) is 4.24. The average Bonchev–Trinajstić information content (AvgIpc) is 3.55. The van der Waals surface area contributed by atoms with E-state index < -0.39 is 11.8 Å². The van der Waals surface area contributed by atoms with Crippen LogP contribution in [0.3, 0.4) is 0 Å². The molecular formula is C48H32N6O6. The summed E-state index contributed by atoms with van der Waals surface area (Å²) in [6.07, 6.45) is 0. The van der Waals surface area contributed by atoms with Gasteiger partial charge in [-0.3, -0.25) is 14.4 Å². The monoisotopic (exact) mass is 788 g/mol. The molecule has 0 heterocycles. The summed E-state index contributed by atoms with van der Waals surface area (Å²) < 4.78 is 5.20. The zero-order valence-corrected chi connectivity index (χ0v) is 31.8. The average molecular weight is 789 g/mol. The van der Waals surface area contributed by atoms with Crippen LogP contribution in [0.15, 0.2) is 172 Å². The largest absolute Gasteiger partial charge is 0.505 e. The molecule has 0 unspecified atom stereocenters. The number of phenols is 2. The number of hydrogen-bond donors (Lipinski definition) is 4. The fraction of sp³-hybridized carbons (Fsp3) is 0.0208. The Hall–Kier alpha value is -8.51. The Labute approximate surface area is 342 Å². The number of amides is 2. The predicted octanol–water partition coefficient (Wildman–Crippen LogP) is 12.0. The van der Waals surface area contributed by atoms with Crippen LogP contribution in [-0.4, -0.2) is 34.9 Å². The number of nitrogens with one attached hydrogen (secondary N) is 2. The Morgan fingerprint density at radius 2 is 0.950 bits per heavy atom. The second-order valence-corrected chi connectivity index (χ2v) is 13.9. The van der Waals surface area contributed by atoms with Gasteiger partial charge in [-0.05, 0) is 94.7 Å². The Balaban J connectivity index is 0.987. The van der Waals surface area contributed by atoms with E-state index in [1.165, 1.54) is 0 Å². The third-order valence-corrected chi connectivity index (χ3v) is 10.2. The molecule has 12 heteroatoms. The third-order valence-electron chi connectivity index (χ3n) is 10.2. The van der Waals surface area contributed by atoms with Gasteiger partial charge in [-0.1, -0.05) is 78.9 Å². The van der Waals surface area contributed by atoms with Gasteiger partial charge in [0.05, 0.1) is 29.6 Å². The van der Waals surface area contributed by atoms with Crippen molar-refractivity contribution in [2.45, 2.75) is 0 Å². The van der Waals surface area contributed by atoms with Crippen molar-refractivity contribution in [2.24, 2.45) is 20.5 Å². The van der Waals surface area contributed by atoms with Gasteiger partial charge in [0.1, 0.15) is 17.1 Å². The van der Waals surface area contributed by atoms with Crippen molar-refractivity contribution in [3.63, 3.8) is 0 Å². The van der Waals surface area contributed by atoms with E-state index >= 15 is 0 Å². The Bertz CT molecular complexity index is 3110. The van der Waals surface area contributed by atoms with Crippen molar-refractivity contribution >= 4 is 73.3 Å². The van der Waals surface area contributed by atoms with Crippen molar-refractivity contribution in [1.29, 1.82) is 0 Å². The lowest BCUT2D eigenvalue weighted by Gasteiger charge is -2.11. The molecule has 290 valence electrons. The Morgan fingerprint density at radius 3 is 1.43 bits per heavy atom. The smallest absolute Gasteiger partial charge is 0.259 e. The first-order chi connectivity index (χ1) is 29.2. The van der Waals surface area contributed by atoms with Gasteiger partial charge in [-0.2, -0.15) is 10.2 Å². The van der Waals surface area contributed by atoms with Gasteiger partial charge in [-0.25, -0.2) is 0 Å². The first kappa shape index (κ1) is 37.1. The minimum absolute atomic E-state index is 0.00987. The number of fused-ring (bicyclic) bond motifs is 5. The fourth-order valence-electron chi connectivity index (χ4n) is 7.17. The number of phenolic OH excluding ortho intramolecular Hbond substituents is 2. The fourth-order valence-corrected chi connectivity index (χ4v) is 7.17. The summed E-state index contributed by atoms with van der Waals surface area (Å²) in [5, 5.41) is 48.4. The molecule has 0 saturated carbocycles. The van der Waals surface area contributed by atoms with E-state index in [4.69, 9.17) is 4.74 Å². The summed E-state index contributed by atoms with van der Waals surface area (Å²) in [6.45, 7) is 0. The molecule has 0 bridgehead atoms. The van der Waals surface area contributed by atoms with Crippen molar-refractivity contribution in [1.82, 2.24) is 0 Å². The molecule has 1 aliphatic carbocycles. The summed E-state index contributed by atoms with van der Waals surface area (Å²) in [5.74, 6) is -1.35. The molecule has 0 radical (unpaired) electrons. The number of ether oxygens (including phenoxy) is 1. The summed E-state index contributed by atoms with van der Waals surface area (Å²) in [7, 11) is 1.55. The normalized spacial score (nSPS) is 11.9. The van der Waals surface area contributed by atoms with Crippen LogP contribution < -0.4 is 15.4 Å². The van der Waals surface area contributed by atoms with Gasteiger partial charge in [0.2, 0.25) is 0 Å². The molecule has 0 fully saturated rings. The number of para-hydroxylation sites is 1. The third kappa shape index (κ3) is 6.94.